The molecule has 0 bridgehead atoms. The minimum atomic E-state index is -0.573. The van der Waals surface area contributed by atoms with Crippen molar-refractivity contribution in [1.82, 2.24) is 14.8 Å². The Hall–Kier alpha value is -3.68. The second-order valence-corrected chi connectivity index (χ2v) is 8.07. The van der Waals surface area contributed by atoms with Gasteiger partial charge in [0.2, 0.25) is 0 Å². The van der Waals surface area contributed by atoms with Gasteiger partial charge < -0.3 is 4.98 Å². The van der Waals surface area contributed by atoms with E-state index in [-0.39, 0.29) is 17.6 Å². The molecule has 3 amide bonds. The van der Waals surface area contributed by atoms with E-state index < -0.39 is 17.0 Å². The first-order chi connectivity index (χ1) is 15.0. The zero-order valence-electron chi connectivity index (χ0n) is 17.1. The molecule has 1 fully saturated rings. The number of nitrogens with zero attached hydrogens (tertiary/aromatic N) is 3. The summed E-state index contributed by atoms with van der Waals surface area (Å²) in [7, 11) is 0. The molecule has 2 atom stereocenters. The lowest BCUT2D eigenvalue weighted by Crippen LogP contribution is -2.44. The Labute approximate surface area is 178 Å². The van der Waals surface area contributed by atoms with E-state index in [1.807, 2.05) is 31.2 Å². The summed E-state index contributed by atoms with van der Waals surface area (Å²) in [5.74, 6) is -0.165. The number of non-ortho nitro benzene ring substituents is 1. The summed E-state index contributed by atoms with van der Waals surface area (Å²) in [6.07, 6.45) is 2.10. The molecule has 0 unspecified atom stereocenters. The largest absolute Gasteiger partial charge is 0.356 e. The predicted molar refractivity (Wildman–Crippen MR) is 115 cm³/mol. The molecular weight excluding hydrogens is 396 g/mol. The number of nitro groups is 1. The Kier molecular flexibility index (Phi) is 4.50. The zero-order chi connectivity index (χ0) is 21.7. The van der Waals surface area contributed by atoms with Gasteiger partial charge >= 0.3 is 6.03 Å². The van der Waals surface area contributed by atoms with Crippen molar-refractivity contribution in [2.45, 2.75) is 38.3 Å². The van der Waals surface area contributed by atoms with E-state index in [0.717, 1.165) is 40.6 Å². The van der Waals surface area contributed by atoms with Crippen LogP contribution in [0.2, 0.25) is 0 Å². The Morgan fingerprint density at radius 3 is 2.58 bits per heavy atom. The molecule has 0 spiro atoms. The smallest absolute Gasteiger partial charge is 0.328 e. The molecule has 1 saturated heterocycles. The maximum absolute atomic E-state index is 13.3. The van der Waals surface area contributed by atoms with Gasteiger partial charge in [-0.3, -0.25) is 24.7 Å². The molecule has 8 heteroatoms. The number of unbranched alkanes of at least 4 members (excludes halogenated alkanes) is 1. The number of para-hydroxylation sites is 1. The van der Waals surface area contributed by atoms with Crippen LogP contribution in [0.4, 0.5) is 10.5 Å². The highest BCUT2D eigenvalue weighted by atomic mass is 16.6. The molecule has 2 aromatic carbocycles. The minimum absolute atomic E-state index is 0.0126. The third-order valence-electron chi connectivity index (χ3n) is 6.29. The van der Waals surface area contributed by atoms with E-state index >= 15 is 0 Å². The molecule has 5 rings (SSSR count). The number of nitrogens with one attached hydrogen (secondary N) is 1. The van der Waals surface area contributed by atoms with Gasteiger partial charge in [0.05, 0.1) is 4.92 Å². The first-order valence-corrected chi connectivity index (χ1v) is 10.5. The van der Waals surface area contributed by atoms with Crippen LogP contribution in [0.1, 0.15) is 42.6 Å². The minimum Gasteiger partial charge on any atom is -0.356 e. The van der Waals surface area contributed by atoms with Gasteiger partial charge in [-0.15, -0.1) is 0 Å². The second kappa shape index (κ2) is 7.23. The van der Waals surface area contributed by atoms with Crippen LogP contribution >= 0.6 is 0 Å². The maximum atomic E-state index is 13.3. The number of hydrogen-bond acceptors (Lipinski definition) is 4. The van der Waals surface area contributed by atoms with Crippen LogP contribution in [-0.4, -0.2) is 44.2 Å². The van der Waals surface area contributed by atoms with E-state index in [9.17, 15) is 19.7 Å². The number of amides is 3. The molecule has 0 radical (unpaired) electrons. The summed E-state index contributed by atoms with van der Waals surface area (Å²) in [5.41, 5.74) is 3.56. The van der Waals surface area contributed by atoms with Crippen molar-refractivity contribution < 1.29 is 14.5 Å². The molecule has 2 aliphatic rings. The van der Waals surface area contributed by atoms with Crippen molar-refractivity contribution in [3.63, 3.8) is 0 Å². The molecule has 3 heterocycles. The van der Waals surface area contributed by atoms with Crippen LogP contribution in [-0.2, 0) is 11.2 Å². The van der Waals surface area contributed by atoms with Crippen molar-refractivity contribution in [3.05, 3.63) is 75.5 Å². The van der Waals surface area contributed by atoms with Gasteiger partial charge in [-0.05, 0) is 35.7 Å². The van der Waals surface area contributed by atoms with E-state index in [2.05, 4.69) is 4.98 Å². The van der Waals surface area contributed by atoms with Gasteiger partial charge in [-0.2, -0.15) is 0 Å². The van der Waals surface area contributed by atoms with Crippen molar-refractivity contribution >= 4 is 28.5 Å². The summed E-state index contributed by atoms with van der Waals surface area (Å²) in [5, 5.41) is 12.1. The fraction of sp³-hybridized carbons (Fsp3) is 0.304. The van der Waals surface area contributed by atoms with Gasteiger partial charge in [0, 0.05) is 41.7 Å². The number of carbonyl (C=O) groups is 2. The Morgan fingerprint density at radius 1 is 1.13 bits per heavy atom. The van der Waals surface area contributed by atoms with Crippen LogP contribution in [0.25, 0.3) is 10.9 Å². The number of benzene rings is 2. The third kappa shape index (κ3) is 2.90. The summed E-state index contributed by atoms with van der Waals surface area (Å²) in [6.45, 7) is 2.43. The van der Waals surface area contributed by atoms with Crippen LogP contribution in [0, 0.1) is 10.1 Å². The van der Waals surface area contributed by atoms with E-state index in [4.69, 9.17) is 0 Å². The number of aromatic amines is 1. The zero-order valence-corrected chi connectivity index (χ0v) is 17.1. The van der Waals surface area contributed by atoms with E-state index in [1.165, 1.54) is 17.0 Å². The number of carbonyl (C=O) groups excluding carboxylic acids is 2. The molecular formula is C23H22N4O4. The lowest BCUT2D eigenvalue weighted by molar-refractivity contribution is -0.384. The highest BCUT2D eigenvalue weighted by Crippen LogP contribution is 2.44. The third-order valence-corrected chi connectivity index (χ3v) is 6.29. The SMILES string of the molecule is CCCCN1C(=O)[C@H]2Cc3c([nH]c4ccccc34)[C@@H](c3ccc([N+](=O)[O-])cc3)N2C1=O. The van der Waals surface area contributed by atoms with Crippen LogP contribution in [0.5, 0.6) is 0 Å². The van der Waals surface area contributed by atoms with Crippen molar-refractivity contribution in [1.29, 1.82) is 0 Å². The topological polar surface area (TPSA) is 99.5 Å². The molecule has 31 heavy (non-hydrogen) atoms. The van der Waals surface area contributed by atoms with Gasteiger partial charge in [0.1, 0.15) is 12.1 Å². The number of nitro benzene ring substituents is 1. The number of H-pyrrole nitrogens is 1. The van der Waals surface area contributed by atoms with Gasteiger partial charge in [-0.25, -0.2) is 4.79 Å². The monoisotopic (exact) mass is 418 g/mol. The lowest BCUT2D eigenvalue weighted by atomic mass is 9.89. The Balaban J connectivity index is 1.66. The van der Waals surface area contributed by atoms with Crippen molar-refractivity contribution in [3.8, 4) is 0 Å². The summed E-state index contributed by atoms with van der Waals surface area (Å²) in [6, 6.07) is 12.7. The number of imide groups is 1. The summed E-state index contributed by atoms with van der Waals surface area (Å²) >= 11 is 0. The quantitative estimate of drug-likeness (QED) is 0.382. The first-order valence-electron chi connectivity index (χ1n) is 10.5. The van der Waals surface area contributed by atoms with Crippen molar-refractivity contribution in [2.75, 3.05) is 6.54 Å². The molecule has 1 aromatic heterocycles. The molecule has 158 valence electrons. The molecule has 8 nitrogen and oxygen atoms in total. The summed E-state index contributed by atoms with van der Waals surface area (Å²) in [4.78, 5) is 43.7. The molecule has 0 saturated carbocycles. The fourth-order valence-electron chi connectivity index (χ4n) is 4.78. The number of fused-ring (bicyclic) bond motifs is 4. The Bertz CT molecular complexity index is 1200. The fourth-order valence-corrected chi connectivity index (χ4v) is 4.78. The second-order valence-electron chi connectivity index (χ2n) is 8.07. The van der Waals surface area contributed by atoms with Crippen LogP contribution in [0.15, 0.2) is 48.5 Å². The van der Waals surface area contributed by atoms with Gasteiger partial charge in [-0.1, -0.05) is 31.5 Å². The number of aromatic nitrogens is 1. The standard InChI is InChI=1S/C23H22N4O4/c1-2-3-12-25-22(28)19-13-17-16-6-4-5-7-18(16)24-20(17)21(26(19)23(25)29)14-8-10-15(11-9-14)27(30)31/h4-11,19,21,24H,2-3,12-13H2,1H3/t19-,21-/m1/s1. The highest BCUT2D eigenvalue weighted by Gasteiger charge is 2.52. The molecule has 2 aliphatic heterocycles. The average Bonchev–Trinajstić information content (AvgIpc) is 3.26. The van der Waals surface area contributed by atoms with Gasteiger partial charge in [0.25, 0.3) is 11.6 Å². The highest BCUT2D eigenvalue weighted by molar-refractivity contribution is 6.05. The number of rotatable bonds is 5. The van der Waals surface area contributed by atoms with E-state index in [1.54, 1.807) is 17.0 Å². The predicted octanol–water partition coefficient (Wildman–Crippen LogP) is 4.15. The maximum Gasteiger partial charge on any atom is 0.328 e. The van der Waals surface area contributed by atoms with E-state index in [0.29, 0.717) is 13.0 Å². The normalized spacial score (nSPS) is 20.3. The lowest BCUT2D eigenvalue weighted by Gasteiger charge is -2.36. The first kappa shape index (κ1) is 19.3. The average molecular weight is 418 g/mol. The number of hydrogen-bond donors (Lipinski definition) is 1. The van der Waals surface area contributed by atoms with Crippen molar-refractivity contribution in [2.24, 2.45) is 0 Å². The number of urea groups is 1. The summed E-state index contributed by atoms with van der Waals surface area (Å²) < 4.78 is 0. The molecule has 3 aromatic rings. The Morgan fingerprint density at radius 2 is 1.87 bits per heavy atom. The molecule has 0 aliphatic carbocycles. The molecule has 1 N–H and O–H groups in total. The van der Waals surface area contributed by atoms with Gasteiger partial charge in [0.15, 0.2) is 0 Å². The van der Waals surface area contributed by atoms with Crippen LogP contribution in [0.3, 0.4) is 0 Å². The van der Waals surface area contributed by atoms with Crippen LogP contribution < -0.4 is 0 Å².